The zero-order valence-electron chi connectivity index (χ0n) is 12.1. The lowest BCUT2D eigenvalue weighted by Gasteiger charge is -2.32. The van der Waals surface area contributed by atoms with Crippen molar-refractivity contribution in [3.63, 3.8) is 0 Å². The fourth-order valence-electron chi connectivity index (χ4n) is 2.29. The average Bonchev–Trinajstić information content (AvgIpc) is 2.78. The Morgan fingerprint density at radius 1 is 1.11 bits per heavy atom. The van der Waals surface area contributed by atoms with E-state index in [0.29, 0.717) is 0 Å². The van der Waals surface area contributed by atoms with Crippen LogP contribution in [-0.4, -0.2) is 28.5 Å². The molecule has 0 amide bonds. The van der Waals surface area contributed by atoms with Crippen LogP contribution in [0.4, 0.5) is 0 Å². The third-order valence-corrected chi connectivity index (χ3v) is 4.30. The molecule has 0 bridgehead atoms. The Morgan fingerprint density at radius 3 is 2.37 bits per heavy atom. The molecular weight excluding hydrogens is 239 g/mol. The molecule has 3 rings (SSSR count). The van der Waals surface area contributed by atoms with Gasteiger partial charge in [0.05, 0.1) is 16.7 Å². The number of nitrogens with zero attached hydrogens (tertiary/aromatic N) is 1. The second kappa shape index (κ2) is 3.84. The SMILES string of the molecule is Cc1[nH]nc2cc(B3OC(C)(C)C(C)(C)O3)ccc12. The predicted octanol–water partition coefficient (Wildman–Crippen LogP) is 2.17. The third-order valence-electron chi connectivity index (χ3n) is 4.30. The first kappa shape index (κ1) is 12.7. The number of hydrogen-bond donors (Lipinski definition) is 1. The topological polar surface area (TPSA) is 47.1 Å². The lowest BCUT2D eigenvalue weighted by atomic mass is 9.79. The summed E-state index contributed by atoms with van der Waals surface area (Å²) in [5, 5.41) is 8.42. The van der Waals surface area contributed by atoms with E-state index in [2.05, 4.69) is 44.0 Å². The minimum absolute atomic E-state index is 0.311. The first-order chi connectivity index (χ1) is 8.80. The summed E-state index contributed by atoms with van der Waals surface area (Å²) in [7, 11) is -0.327. The largest absolute Gasteiger partial charge is 0.494 e. The van der Waals surface area contributed by atoms with Crippen LogP contribution in [-0.2, 0) is 9.31 Å². The van der Waals surface area contributed by atoms with E-state index >= 15 is 0 Å². The summed E-state index contributed by atoms with van der Waals surface area (Å²) in [5.41, 5.74) is 2.42. The van der Waals surface area contributed by atoms with Crippen molar-refractivity contribution in [3.05, 3.63) is 23.9 Å². The van der Waals surface area contributed by atoms with Gasteiger partial charge in [-0.3, -0.25) is 5.10 Å². The summed E-state index contributed by atoms with van der Waals surface area (Å²) in [5.74, 6) is 0. The van der Waals surface area contributed by atoms with E-state index < -0.39 is 0 Å². The van der Waals surface area contributed by atoms with Crippen molar-refractivity contribution >= 4 is 23.5 Å². The molecule has 0 unspecified atom stereocenters. The maximum atomic E-state index is 6.05. The summed E-state index contributed by atoms with van der Waals surface area (Å²) >= 11 is 0. The van der Waals surface area contributed by atoms with Gasteiger partial charge >= 0.3 is 7.12 Å². The number of aryl methyl sites for hydroxylation is 1. The molecule has 2 heterocycles. The Balaban J connectivity index is 1.98. The van der Waals surface area contributed by atoms with Crippen LogP contribution in [0.3, 0.4) is 0 Å². The molecule has 0 spiro atoms. The van der Waals surface area contributed by atoms with Crippen molar-refractivity contribution < 1.29 is 9.31 Å². The Labute approximate surface area is 113 Å². The Kier molecular flexibility index (Phi) is 2.56. The number of aromatic nitrogens is 2. The van der Waals surface area contributed by atoms with Crippen molar-refractivity contribution in [2.75, 3.05) is 0 Å². The molecule has 1 fully saturated rings. The van der Waals surface area contributed by atoms with Crippen molar-refractivity contribution in [1.82, 2.24) is 10.2 Å². The molecule has 0 atom stereocenters. The predicted molar refractivity (Wildman–Crippen MR) is 76.5 cm³/mol. The minimum atomic E-state index is -0.327. The van der Waals surface area contributed by atoms with E-state index in [1.807, 2.05) is 19.1 Å². The van der Waals surface area contributed by atoms with E-state index in [-0.39, 0.29) is 18.3 Å². The number of rotatable bonds is 1. The number of aromatic amines is 1. The summed E-state index contributed by atoms with van der Waals surface area (Å²) in [6.45, 7) is 10.3. The van der Waals surface area contributed by atoms with Gasteiger partial charge in [0.1, 0.15) is 0 Å². The van der Waals surface area contributed by atoms with Gasteiger partial charge < -0.3 is 9.31 Å². The normalized spacial score (nSPS) is 21.2. The van der Waals surface area contributed by atoms with Gasteiger partial charge in [0, 0.05) is 11.1 Å². The first-order valence-electron chi connectivity index (χ1n) is 6.60. The van der Waals surface area contributed by atoms with Gasteiger partial charge in [-0.2, -0.15) is 5.10 Å². The number of nitrogens with one attached hydrogen (secondary N) is 1. The molecule has 1 aromatic carbocycles. The maximum Gasteiger partial charge on any atom is 0.494 e. The standard InChI is InChI=1S/C14H19BN2O2/c1-9-11-7-6-10(8-12(11)17-16-9)15-18-13(2,3)14(4,5)19-15/h6-8H,1-5H3,(H,16,17). The summed E-state index contributed by atoms with van der Waals surface area (Å²) < 4.78 is 12.1. The van der Waals surface area contributed by atoms with Gasteiger partial charge in [-0.05, 0) is 46.1 Å². The highest BCUT2D eigenvalue weighted by atomic mass is 16.7. The van der Waals surface area contributed by atoms with Gasteiger partial charge in [-0.1, -0.05) is 12.1 Å². The smallest absolute Gasteiger partial charge is 0.399 e. The molecule has 1 saturated heterocycles. The van der Waals surface area contributed by atoms with Gasteiger partial charge in [0.25, 0.3) is 0 Å². The van der Waals surface area contributed by atoms with Crippen molar-refractivity contribution in [2.45, 2.75) is 45.8 Å². The average molecular weight is 258 g/mol. The Morgan fingerprint density at radius 2 is 1.74 bits per heavy atom. The fourth-order valence-corrected chi connectivity index (χ4v) is 2.29. The Bertz CT molecular complexity index is 617. The van der Waals surface area contributed by atoms with Gasteiger partial charge in [-0.25, -0.2) is 0 Å². The summed E-state index contributed by atoms with van der Waals surface area (Å²) in [4.78, 5) is 0. The van der Waals surface area contributed by atoms with Gasteiger partial charge in [0.2, 0.25) is 0 Å². The highest BCUT2D eigenvalue weighted by Gasteiger charge is 2.51. The highest BCUT2D eigenvalue weighted by Crippen LogP contribution is 2.36. The molecule has 19 heavy (non-hydrogen) atoms. The molecule has 0 radical (unpaired) electrons. The molecule has 1 N–H and O–H groups in total. The lowest BCUT2D eigenvalue weighted by molar-refractivity contribution is 0.00578. The second-order valence-electron chi connectivity index (χ2n) is 6.21. The van der Waals surface area contributed by atoms with E-state index in [1.54, 1.807) is 0 Å². The summed E-state index contributed by atoms with van der Waals surface area (Å²) in [6, 6.07) is 6.14. The van der Waals surface area contributed by atoms with Crippen LogP contribution < -0.4 is 5.46 Å². The molecule has 100 valence electrons. The van der Waals surface area contributed by atoms with Crippen LogP contribution in [0.1, 0.15) is 33.4 Å². The number of benzene rings is 1. The van der Waals surface area contributed by atoms with Gasteiger partial charge in [0.15, 0.2) is 0 Å². The maximum absolute atomic E-state index is 6.05. The van der Waals surface area contributed by atoms with Crippen LogP contribution >= 0.6 is 0 Å². The Hall–Kier alpha value is -1.33. The number of fused-ring (bicyclic) bond motifs is 1. The van der Waals surface area contributed by atoms with E-state index in [0.717, 1.165) is 22.1 Å². The quantitative estimate of drug-likeness (QED) is 0.797. The highest BCUT2D eigenvalue weighted by molar-refractivity contribution is 6.62. The van der Waals surface area contributed by atoms with Crippen molar-refractivity contribution in [3.8, 4) is 0 Å². The molecule has 0 aliphatic carbocycles. The van der Waals surface area contributed by atoms with Crippen molar-refractivity contribution in [1.29, 1.82) is 0 Å². The van der Waals surface area contributed by atoms with Crippen LogP contribution in [0, 0.1) is 6.92 Å². The molecule has 1 aliphatic heterocycles. The molecule has 2 aromatic rings. The molecule has 1 aromatic heterocycles. The molecule has 1 aliphatic rings. The first-order valence-corrected chi connectivity index (χ1v) is 6.60. The fraction of sp³-hybridized carbons (Fsp3) is 0.500. The third kappa shape index (κ3) is 1.88. The lowest BCUT2D eigenvalue weighted by Crippen LogP contribution is -2.41. The number of H-pyrrole nitrogens is 1. The van der Waals surface area contributed by atoms with Crippen LogP contribution in [0.15, 0.2) is 18.2 Å². The molecule has 0 saturated carbocycles. The van der Waals surface area contributed by atoms with Crippen LogP contribution in [0.2, 0.25) is 0 Å². The van der Waals surface area contributed by atoms with E-state index in [4.69, 9.17) is 9.31 Å². The second-order valence-corrected chi connectivity index (χ2v) is 6.21. The zero-order chi connectivity index (χ0) is 13.8. The van der Waals surface area contributed by atoms with Crippen LogP contribution in [0.25, 0.3) is 10.9 Å². The monoisotopic (exact) mass is 258 g/mol. The van der Waals surface area contributed by atoms with Crippen molar-refractivity contribution in [2.24, 2.45) is 0 Å². The number of hydrogen-bond acceptors (Lipinski definition) is 3. The minimum Gasteiger partial charge on any atom is -0.399 e. The summed E-state index contributed by atoms with van der Waals surface area (Å²) in [6.07, 6.45) is 0. The van der Waals surface area contributed by atoms with E-state index in [9.17, 15) is 0 Å². The van der Waals surface area contributed by atoms with Gasteiger partial charge in [-0.15, -0.1) is 0 Å². The zero-order valence-corrected chi connectivity index (χ0v) is 12.1. The molecule has 5 heteroatoms. The molecular formula is C14H19BN2O2. The van der Waals surface area contributed by atoms with Crippen LogP contribution in [0.5, 0.6) is 0 Å². The molecule has 4 nitrogen and oxygen atoms in total. The van der Waals surface area contributed by atoms with E-state index in [1.165, 1.54) is 0 Å².